The molecule has 0 atom stereocenters. The van der Waals surface area contributed by atoms with E-state index in [4.69, 9.17) is 22.1 Å². The number of piperazine rings is 1. The number of anilines is 1. The molecule has 1 aromatic rings. The summed E-state index contributed by atoms with van der Waals surface area (Å²) in [5.74, 6) is 0.229. The fourth-order valence-electron chi connectivity index (χ4n) is 2.41. The van der Waals surface area contributed by atoms with Crippen molar-refractivity contribution < 1.29 is 9.53 Å². The Balaban J connectivity index is 1.88. The van der Waals surface area contributed by atoms with Crippen molar-refractivity contribution in [1.82, 2.24) is 15.1 Å². The van der Waals surface area contributed by atoms with E-state index in [2.05, 4.69) is 22.2 Å². The number of hydrogen-bond donors (Lipinski definition) is 2. The summed E-state index contributed by atoms with van der Waals surface area (Å²) in [5.41, 5.74) is 6.52. The van der Waals surface area contributed by atoms with Crippen molar-refractivity contribution in [3.8, 4) is 5.75 Å². The molecule has 1 heterocycles. The van der Waals surface area contributed by atoms with Gasteiger partial charge in [0.05, 0.1) is 23.4 Å². The second kappa shape index (κ2) is 7.67. The molecule has 6 nitrogen and oxygen atoms in total. The van der Waals surface area contributed by atoms with Crippen LogP contribution in [0.3, 0.4) is 0 Å². The Labute approximate surface area is 136 Å². The van der Waals surface area contributed by atoms with Crippen LogP contribution in [-0.2, 0) is 0 Å². The van der Waals surface area contributed by atoms with E-state index >= 15 is 0 Å². The highest BCUT2D eigenvalue weighted by Crippen LogP contribution is 2.28. The van der Waals surface area contributed by atoms with Gasteiger partial charge in [0.15, 0.2) is 0 Å². The maximum atomic E-state index is 12.3. The lowest BCUT2D eigenvalue weighted by atomic mass is 10.1. The molecule has 0 spiro atoms. The third kappa shape index (κ3) is 4.25. The highest BCUT2D eigenvalue weighted by atomic mass is 35.5. The predicted octanol–water partition coefficient (Wildman–Crippen LogP) is 0.908. The molecule has 1 aliphatic rings. The Morgan fingerprint density at radius 2 is 2.05 bits per heavy atom. The van der Waals surface area contributed by atoms with Gasteiger partial charge in [0, 0.05) is 45.3 Å². The van der Waals surface area contributed by atoms with Gasteiger partial charge in [-0.15, -0.1) is 0 Å². The van der Waals surface area contributed by atoms with Crippen LogP contribution in [0.25, 0.3) is 0 Å². The average molecular weight is 327 g/mol. The SMILES string of the molecule is COc1cc(N)c(Cl)cc1C(=O)NCCN1CCN(C)CC1. The van der Waals surface area contributed by atoms with Crippen molar-refractivity contribution in [2.75, 3.05) is 59.2 Å². The molecule has 1 saturated heterocycles. The van der Waals surface area contributed by atoms with Gasteiger partial charge < -0.3 is 20.7 Å². The Kier molecular flexibility index (Phi) is 5.88. The fraction of sp³-hybridized carbons (Fsp3) is 0.533. The molecule has 0 bridgehead atoms. The smallest absolute Gasteiger partial charge is 0.255 e. The summed E-state index contributed by atoms with van der Waals surface area (Å²) in [6, 6.07) is 3.11. The summed E-state index contributed by atoms with van der Waals surface area (Å²) < 4.78 is 5.19. The van der Waals surface area contributed by atoms with E-state index in [1.165, 1.54) is 7.11 Å². The largest absolute Gasteiger partial charge is 0.496 e. The summed E-state index contributed by atoms with van der Waals surface area (Å²) in [6.45, 7) is 5.62. The van der Waals surface area contributed by atoms with Gasteiger partial charge in [0.1, 0.15) is 5.75 Å². The quantitative estimate of drug-likeness (QED) is 0.787. The first kappa shape index (κ1) is 16.9. The first-order valence-corrected chi connectivity index (χ1v) is 7.71. The summed E-state index contributed by atoms with van der Waals surface area (Å²) in [6.07, 6.45) is 0. The van der Waals surface area contributed by atoms with Crippen LogP contribution in [0.15, 0.2) is 12.1 Å². The second-order valence-electron chi connectivity index (χ2n) is 5.47. The van der Waals surface area contributed by atoms with Crippen molar-refractivity contribution in [2.45, 2.75) is 0 Å². The van der Waals surface area contributed by atoms with E-state index in [1.807, 2.05) is 0 Å². The molecule has 1 amide bonds. The molecule has 0 aromatic heterocycles. The van der Waals surface area contributed by atoms with Gasteiger partial charge in [-0.25, -0.2) is 0 Å². The van der Waals surface area contributed by atoms with Crippen LogP contribution in [0.2, 0.25) is 5.02 Å². The van der Waals surface area contributed by atoms with E-state index in [0.29, 0.717) is 28.6 Å². The van der Waals surface area contributed by atoms with Crippen LogP contribution >= 0.6 is 11.6 Å². The van der Waals surface area contributed by atoms with Crippen LogP contribution in [0.4, 0.5) is 5.69 Å². The molecule has 7 heteroatoms. The molecule has 0 radical (unpaired) electrons. The van der Waals surface area contributed by atoms with Gasteiger partial charge >= 0.3 is 0 Å². The molecule has 22 heavy (non-hydrogen) atoms. The summed E-state index contributed by atoms with van der Waals surface area (Å²) in [5, 5.41) is 3.26. The van der Waals surface area contributed by atoms with Gasteiger partial charge in [-0.05, 0) is 13.1 Å². The first-order chi connectivity index (χ1) is 10.5. The Morgan fingerprint density at radius 3 is 2.68 bits per heavy atom. The second-order valence-corrected chi connectivity index (χ2v) is 5.88. The number of amides is 1. The van der Waals surface area contributed by atoms with Crippen LogP contribution in [0.1, 0.15) is 10.4 Å². The van der Waals surface area contributed by atoms with E-state index in [1.54, 1.807) is 12.1 Å². The molecule has 122 valence electrons. The lowest BCUT2D eigenvalue weighted by Gasteiger charge is -2.32. The third-order valence-corrected chi connectivity index (χ3v) is 4.20. The Hall–Kier alpha value is -1.50. The maximum Gasteiger partial charge on any atom is 0.255 e. The number of nitrogen functional groups attached to an aromatic ring is 1. The van der Waals surface area contributed by atoms with Crippen molar-refractivity contribution in [1.29, 1.82) is 0 Å². The molecule has 0 saturated carbocycles. The number of carbonyl (C=O) groups is 1. The lowest BCUT2D eigenvalue weighted by Crippen LogP contribution is -2.46. The van der Waals surface area contributed by atoms with Crippen molar-refractivity contribution in [3.63, 3.8) is 0 Å². The number of carbonyl (C=O) groups excluding carboxylic acids is 1. The Bertz CT molecular complexity index is 531. The molecule has 1 fully saturated rings. The van der Waals surface area contributed by atoms with Crippen molar-refractivity contribution in [3.05, 3.63) is 22.7 Å². The molecule has 3 N–H and O–H groups in total. The monoisotopic (exact) mass is 326 g/mol. The number of nitrogens with one attached hydrogen (secondary N) is 1. The van der Waals surface area contributed by atoms with Crippen molar-refractivity contribution >= 4 is 23.2 Å². The number of nitrogens with zero attached hydrogens (tertiary/aromatic N) is 2. The van der Waals surface area contributed by atoms with E-state index in [-0.39, 0.29) is 5.91 Å². The number of benzene rings is 1. The minimum atomic E-state index is -0.201. The Morgan fingerprint density at radius 1 is 1.36 bits per heavy atom. The van der Waals surface area contributed by atoms with Gasteiger partial charge in [0.2, 0.25) is 0 Å². The normalized spacial score (nSPS) is 16.5. The molecule has 0 aliphatic carbocycles. The predicted molar refractivity (Wildman–Crippen MR) is 88.7 cm³/mol. The summed E-state index contributed by atoms with van der Waals surface area (Å²) in [4.78, 5) is 16.9. The first-order valence-electron chi connectivity index (χ1n) is 7.33. The van der Waals surface area contributed by atoms with Crippen LogP contribution < -0.4 is 15.8 Å². The number of nitrogens with two attached hydrogens (primary N) is 1. The molecule has 0 unspecified atom stereocenters. The van der Waals surface area contributed by atoms with E-state index in [0.717, 1.165) is 32.7 Å². The molecule has 1 aliphatic heterocycles. The van der Waals surface area contributed by atoms with E-state index in [9.17, 15) is 4.79 Å². The number of halogens is 1. The topological polar surface area (TPSA) is 70.8 Å². The number of rotatable bonds is 5. The molecule has 2 rings (SSSR count). The average Bonchev–Trinajstić information content (AvgIpc) is 2.51. The zero-order chi connectivity index (χ0) is 16.1. The van der Waals surface area contributed by atoms with Crippen molar-refractivity contribution in [2.24, 2.45) is 0 Å². The molecule has 1 aromatic carbocycles. The number of likely N-dealkylation sites (N-methyl/N-ethyl adjacent to an activating group) is 1. The minimum absolute atomic E-state index is 0.201. The number of ether oxygens (including phenoxy) is 1. The zero-order valence-electron chi connectivity index (χ0n) is 13.1. The summed E-state index contributed by atoms with van der Waals surface area (Å²) in [7, 11) is 3.62. The highest BCUT2D eigenvalue weighted by Gasteiger charge is 2.16. The van der Waals surface area contributed by atoms with Crippen LogP contribution in [0.5, 0.6) is 5.75 Å². The lowest BCUT2D eigenvalue weighted by molar-refractivity contribution is 0.0938. The molecular formula is C15H23ClN4O2. The summed E-state index contributed by atoms with van der Waals surface area (Å²) >= 11 is 5.98. The minimum Gasteiger partial charge on any atom is -0.496 e. The maximum absolute atomic E-state index is 12.3. The number of hydrogen-bond acceptors (Lipinski definition) is 5. The number of methoxy groups -OCH3 is 1. The fourth-order valence-corrected chi connectivity index (χ4v) is 2.57. The van der Waals surface area contributed by atoms with E-state index < -0.39 is 0 Å². The highest BCUT2D eigenvalue weighted by molar-refractivity contribution is 6.33. The van der Waals surface area contributed by atoms with Crippen LogP contribution in [0, 0.1) is 0 Å². The van der Waals surface area contributed by atoms with Crippen LogP contribution in [-0.4, -0.2) is 69.1 Å². The van der Waals surface area contributed by atoms with Gasteiger partial charge in [0.25, 0.3) is 5.91 Å². The third-order valence-electron chi connectivity index (χ3n) is 3.87. The zero-order valence-corrected chi connectivity index (χ0v) is 13.8. The van der Waals surface area contributed by atoms with Gasteiger partial charge in [-0.2, -0.15) is 0 Å². The molecular weight excluding hydrogens is 304 g/mol. The standard InChI is InChI=1S/C15H23ClN4O2/c1-19-5-7-20(8-6-19)4-3-18-15(21)11-9-12(16)13(17)10-14(11)22-2/h9-10H,3-8,17H2,1-2H3,(H,18,21). The van der Waals surface area contributed by atoms with Gasteiger partial charge in [-0.1, -0.05) is 11.6 Å². The van der Waals surface area contributed by atoms with Gasteiger partial charge in [-0.3, -0.25) is 9.69 Å².